The quantitative estimate of drug-likeness (QED) is 0.389. The number of piperazine rings is 1. The van der Waals surface area contributed by atoms with Crippen LogP contribution in [0.2, 0.25) is 0 Å². The molecule has 0 saturated carbocycles. The summed E-state index contributed by atoms with van der Waals surface area (Å²) < 4.78 is 38.0. The van der Waals surface area contributed by atoms with E-state index in [4.69, 9.17) is 9.47 Å². The predicted molar refractivity (Wildman–Crippen MR) is 151 cm³/mol. The molecule has 2 amide bonds. The number of hydrogen-bond acceptors (Lipinski definition) is 5. The van der Waals surface area contributed by atoms with E-state index < -0.39 is 0 Å². The highest BCUT2D eigenvalue weighted by Gasteiger charge is 2.38. The maximum atomic E-state index is 13.6. The molecule has 0 spiro atoms. The van der Waals surface area contributed by atoms with Crippen molar-refractivity contribution in [3.05, 3.63) is 95.1 Å². The molecule has 5 rings (SSSR count). The molecule has 2 aliphatic rings. The molecule has 0 bridgehead atoms. The molecule has 3 aromatic rings. The fourth-order valence-electron chi connectivity index (χ4n) is 5.82. The highest BCUT2D eigenvalue weighted by Crippen LogP contribution is 2.31. The van der Waals surface area contributed by atoms with Gasteiger partial charge in [0, 0.05) is 45.7 Å². The summed E-state index contributed by atoms with van der Waals surface area (Å²) >= 11 is 0. The van der Waals surface area contributed by atoms with Crippen molar-refractivity contribution in [2.24, 2.45) is 5.92 Å². The summed E-state index contributed by atoms with van der Waals surface area (Å²) in [6.07, 6.45) is 0.874. The molecule has 1 unspecified atom stereocenters. The fraction of sp³-hybridized carbons (Fsp3) is 0.375. The number of ether oxygens (including phenoxy) is 2. The molecule has 0 aliphatic carbocycles. The normalized spacial score (nSPS) is 17.8. The first kappa shape index (κ1) is 28.5. The first-order valence-electron chi connectivity index (χ1n) is 13.9. The number of rotatable bonds is 9. The second-order valence-electron chi connectivity index (χ2n) is 10.5. The largest absolute Gasteiger partial charge is 0.493 e. The van der Waals surface area contributed by atoms with Crippen molar-refractivity contribution in [1.82, 2.24) is 14.7 Å². The summed E-state index contributed by atoms with van der Waals surface area (Å²) in [7, 11) is 3.18. The minimum absolute atomic E-state index is 0.00449. The smallest absolute Gasteiger partial charge is 0.228 e. The SMILES string of the molecule is COc1ccc(CCN2CC(C(=O)N3CCN(C(c4ccc(F)cc4)c4ccc(F)cc4)CC3)CC2=O)cc1OC. The van der Waals surface area contributed by atoms with Crippen LogP contribution in [0.1, 0.15) is 29.2 Å². The molecule has 3 aromatic carbocycles. The number of carbonyl (C=O) groups excluding carboxylic acids is 2. The molecule has 2 aliphatic heterocycles. The molecule has 2 fully saturated rings. The number of nitrogens with zero attached hydrogens (tertiary/aromatic N) is 3. The van der Waals surface area contributed by atoms with Crippen LogP contribution in [0.5, 0.6) is 11.5 Å². The molecule has 0 aromatic heterocycles. The van der Waals surface area contributed by atoms with Crippen LogP contribution in [-0.4, -0.2) is 80.0 Å². The molecule has 2 saturated heterocycles. The lowest BCUT2D eigenvalue weighted by Crippen LogP contribution is -2.51. The molecule has 0 N–H and O–H groups in total. The molecule has 41 heavy (non-hydrogen) atoms. The summed E-state index contributed by atoms with van der Waals surface area (Å²) in [6.45, 7) is 3.20. The zero-order chi connectivity index (χ0) is 28.9. The summed E-state index contributed by atoms with van der Waals surface area (Å²) in [6, 6.07) is 18.3. The Bertz CT molecular complexity index is 1310. The number of amides is 2. The minimum atomic E-state index is -0.357. The van der Waals surface area contributed by atoms with Crippen molar-refractivity contribution in [2.45, 2.75) is 18.9 Å². The van der Waals surface area contributed by atoms with Crippen molar-refractivity contribution in [3.8, 4) is 11.5 Å². The van der Waals surface area contributed by atoms with Crippen LogP contribution in [0, 0.1) is 17.6 Å². The maximum absolute atomic E-state index is 13.6. The van der Waals surface area contributed by atoms with Crippen molar-refractivity contribution < 1.29 is 27.8 Å². The Labute approximate surface area is 239 Å². The number of carbonyl (C=O) groups is 2. The monoisotopic (exact) mass is 563 g/mol. The van der Waals surface area contributed by atoms with Crippen molar-refractivity contribution >= 4 is 11.8 Å². The third kappa shape index (κ3) is 6.51. The van der Waals surface area contributed by atoms with Gasteiger partial charge in [0.2, 0.25) is 11.8 Å². The van der Waals surface area contributed by atoms with Crippen molar-refractivity contribution in [1.29, 1.82) is 0 Å². The van der Waals surface area contributed by atoms with Gasteiger partial charge in [-0.05, 0) is 59.5 Å². The van der Waals surface area contributed by atoms with Crippen molar-refractivity contribution in [3.63, 3.8) is 0 Å². The third-order valence-electron chi connectivity index (χ3n) is 8.04. The van der Waals surface area contributed by atoms with Crippen LogP contribution in [0.4, 0.5) is 8.78 Å². The van der Waals surface area contributed by atoms with E-state index in [-0.39, 0.29) is 41.8 Å². The summed E-state index contributed by atoms with van der Waals surface area (Å²) in [5, 5.41) is 0. The molecule has 1 atom stereocenters. The third-order valence-corrected chi connectivity index (χ3v) is 8.04. The first-order valence-corrected chi connectivity index (χ1v) is 13.9. The van der Waals surface area contributed by atoms with Gasteiger partial charge in [0.1, 0.15) is 11.6 Å². The zero-order valence-electron chi connectivity index (χ0n) is 23.4. The van der Waals surface area contributed by atoms with Gasteiger partial charge in [-0.2, -0.15) is 0 Å². The number of benzene rings is 3. The second kappa shape index (κ2) is 12.7. The highest BCUT2D eigenvalue weighted by molar-refractivity contribution is 5.89. The Kier molecular flexibility index (Phi) is 8.83. The average Bonchev–Trinajstić information content (AvgIpc) is 3.38. The molecular weight excluding hydrogens is 528 g/mol. The van der Waals surface area contributed by atoms with Gasteiger partial charge in [-0.3, -0.25) is 14.5 Å². The number of methoxy groups -OCH3 is 2. The fourth-order valence-corrected chi connectivity index (χ4v) is 5.82. The lowest BCUT2D eigenvalue weighted by Gasteiger charge is -2.40. The lowest BCUT2D eigenvalue weighted by molar-refractivity contribution is -0.137. The molecular formula is C32H35F2N3O4. The van der Waals surface area contributed by atoms with Gasteiger partial charge in [0.25, 0.3) is 0 Å². The molecule has 7 nitrogen and oxygen atoms in total. The molecule has 2 heterocycles. The summed E-state index contributed by atoms with van der Waals surface area (Å²) in [5.41, 5.74) is 2.84. The van der Waals surface area contributed by atoms with E-state index >= 15 is 0 Å². The Morgan fingerprint density at radius 3 is 2.00 bits per heavy atom. The van der Waals surface area contributed by atoms with Crippen LogP contribution in [0.3, 0.4) is 0 Å². The second-order valence-corrected chi connectivity index (χ2v) is 10.5. The van der Waals surface area contributed by atoms with Gasteiger partial charge in [0.05, 0.1) is 26.2 Å². The maximum Gasteiger partial charge on any atom is 0.228 e. The summed E-state index contributed by atoms with van der Waals surface area (Å²) in [4.78, 5) is 32.0. The van der Waals surface area contributed by atoms with Crippen LogP contribution < -0.4 is 9.47 Å². The van der Waals surface area contributed by atoms with E-state index in [0.717, 1.165) is 16.7 Å². The van der Waals surface area contributed by atoms with Gasteiger partial charge in [-0.1, -0.05) is 30.3 Å². The van der Waals surface area contributed by atoms with Gasteiger partial charge < -0.3 is 19.3 Å². The Morgan fingerprint density at radius 2 is 1.44 bits per heavy atom. The van der Waals surface area contributed by atoms with Crippen LogP contribution in [0.25, 0.3) is 0 Å². The van der Waals surface area contributed by atoms with E-state index in [1.165, 1.54) is 24.3 Å². The Hall–Kier alpha value is -3.98. The van der Waals surface area contributed by atoms with E-state index in [2.05, 4.69) is 4.90 Å². The predicted octanol–water partition coefficient (Wildman–Crippen LogP) is 4.31. The zero-order valence-corrected chi connectivity index (χ0v) is 23.4. The van der Waals surface area contributed by atoms with Crippen LogP contribution in [0.15, 0.2) is 66.7 Å². The van der Waals surface area contributed by atoms with E-state index in [1.807, 2.05) is 23.1 Å². The number of likely N-dealkylation sites (tertiary alicyclic amines) is 1. The van der Waals surface area contributed by atoms with Gasteiger partial charge in [-0.25, -0.2) is 8.78 Å². The Morgan fingerprint density at radius 1 is 0.854 bits per heavy atom. The standard InChI is InChI=1S/C32H35F2N3O4/c1-40-28-12-3-22(19-29(28)41-2)13-14-37-21-25(20-30(37)38)32(39)36-17-15-35(16-18-36)31(23-4-8-26(33)9-5-23)24-6-10-27(34)11-7-24/h3-12,19,25,31H,13-18,20-21H2,1-2H3. The van der Waals surface area contributed by atoms with Crippen LogP contribution in [-0.2, 0) is 16.0 Å². The lowest BCUT2D eigenvalue weighted by atomic mass is 9.96. The van der Waals surface area contributed by atoms with Gasteiger partial charge in [-0.15, -0.1) is 0 Å². The topological polar surface area (TPSA) is 62.3 Å². The Balaban J connectivity index is 1.19. The van der Waals surface area contributed by atoms with E-state index in [0.29, 0.717) is 57.2 Å². The molecule has 0 radical (unpaired) electrons. The van der Waals surface area contributed by atoms with Crippen LogP contribution >= 0.6 is 0 Å². The molecule has 9 heteroatoms. The minimum Gasteiger partial charge on any atom is -0.493 e. The first-order chi connectivity index (χ1) is 19.9. The van der Waals surface area contributed by atoms with Crippen molar-refractivity contribution in [2.75, 3.05) is 53.5 Å². The van der Waals surface area contributed by atoms with E-state index in [9.17, 15) is 18.4 Å². The number of hydrogen-bond donors (Lipinski definition) is 0. The van der Waals surface area contributed by atoms with Gasteiger partial charge in [0.15, 0.2) is 11.5 Å². The highest BCUT2D eigenvalue weighted by atomic mass is 19.1. The molecule has 216 valence electrons. The van der Waals surface area contributed by atoms with Gasteiger partial charge >= 0.3 is 0 Å². The average molecular weight is 564 g/mol. The number of halogens is 2. The summed E-state index contributed by atoms with van der Waals surface area (Å²) in [5.74, 6) is 0.315. The van der Waals surface area contributed by atoms with E-state index in [1.54, 1.807) is 43.4 Å².